The predicted octanol–water partition coefficient (Wildman–Crippen LogP) is 4.39. The highest BCUT2D eigenvalue weighted by Crippen LogP contribution is 2.24. The van der Waals surface area contributed by atoms with Crippen LogP contribution in [0.15, 0.2) is 35.4 Å². The van der Waals surface area contributed by atoms with E-state index >= 15 is 0 Å². The lowest BCUT2D eigenvalue weighted by Crippen LogP contribution is -2.27. The maximum absolute atomic E-state index is 6.11. The first-order valence-corrected chi connectivity index (χ1v) is 11.5. The molecule has 6 nitrogen and oxygen atoms in total. The van der Waals surface area contributed by atoms with Gasteiger partial charge in [-0.05, 0) is 68.2 Å². The predicted molar refractivity (Wildman–Crippen MR) is 137 cm³/mol. The lowest BCUT2D eigenvalue weighted by molar-refractivity contribution is 0.869. The summed E-state index contributed by atoms with van der Waals surface area (Å²) in [6.07, 6.45) is 2.61. The molecule has 0 atom stereocenters. The molecule has 9 heteroatoms. The minimum absolute atomic E-state index is 0.557. The molecule has 30 heavy (non-hydrogen) atoms. The number of nitrogens with two attached hydrogens (primary N) is 2. The van der Waals surface area contributed by atoms with Crippen LogP contribution in [0, 0.1) is 13.8 Å². The van der Waals surface area contributed by atoms with Gasteiger partial charge in [0.2, 0.25) is 0 Å². The number of benzene rings is 1. The smallest absolute Gasteiger partial charge is 0.176 e. The van der Waals surface area contributed by atoms with Gasteiger partial charge in [-0.2, -0.15) is 0 Å². The second-order valence-corrected chi connectivity index (χ2v) is 7.68. The number of hydrogen-bond donors (Lipinski definition) is 5. The molecular formula is C21H35ClN6S2. The molecule has 0 amide bonds. The minimum atomic E-state index is 0.557. The molecular weight excluding hydrogens is 436 g/mol. The molecule has 0 fully saturated rings. The van der Waals surface area contributed by atoms with Crippen LogP contribution in [0.3, 0.4) is 0 Å². The molecule has 0 radical (unpaired) electrons. The van der Waals surface area contributed by atoms with Gasteiger partial charge in [-0.15, -0.1) is 0 Å². The van der Waals surface area contributed by atoms with Crippen LogP contribution in [-0.4, -0.2) is 30.2 Å². The van der Waals surface area contributed by atoms with E-state index in [1.165, 1.54) is 28.6 Å². The van der Waals surface area contributed by atoms with E-state index in [1.807, 2.05) is 19.9 Å². The van der Waals surface area contributed by atoms with Crippen LogP contribution < -0.4 is 26.8 Å². The molecule has 0 aliphatic rings. The molecule has 2 rings (SSSR count). The number of aromatic nitrogens is 1. The van der Waals surface area contributed by atoms with Crippen LogP contribution in [0.5, 0.6) is 0 Å². The summed E-state index contributed by atoms with van der Waals surface area (Å²) in [6.45, 7) is 10.2. The average molecular weight is 471 g/mol. The molecule has 0 saturated heterocycles. The van der Waals surface area contributed by atoms with E-state index < -0.39 is 0 Å². The van der Waals surface area contributed by atoms with E-state index in [4.69, 9.17) is 35.3 Å². The zero-order valence-corrected chi connectivity index (χ0v) is 20.9. The standard InChI is InChI=1S/C10H16ClN5S2.C9H13N.C2H6/c1-13-10(17)16-18-7-5-8(11)9(15-6-7)14-4-2-3-12;1-7-3-4-9(6-10)8(2)5-7;1-2/h5-6H,2-4,12H2,1H3,(H,14,15)(H2,13,16,17);3-5H,6,10H2,1-2H3;1-2H3. The van der Waals surface area contributed by atoms with Crippen molar-refractivity contribution in [2.45, 2.75) is 45.6 Å². The Hall–Kier alpha value is -1.58. The van der Waals surface area contributed by atoms with Gasteiger partial charge in [0.25, 0.3) is 0 Å². The van der Waals surface area contributed by atoms with Gasteiger partial charge >= 0.3 is 0 Å². The van der Waals surface area contributed by atoms with Crippen molar-refractivity contribution in [1.82, 2.24) is 15.0 Å². The second-order valence-electron chi connectivity index (χ2n) is 5.99. The molecule has 0 saturated carbocycles. The Labute approximate surface area is 196 Å². The van der Waals surface area contributed by atoms with Crippen molar-refractivity contribution in [3.05, 3.63) is 52.2 Å². The Morgan fingerprint density at radius 1 is 1.20 bits per heavy atom. The summed E-state index contributed by atoms with van der Waals surface area (Å²) < 4.78 is 2.95. The molecule has 0 spiro atoms. The van der Waals surface area contributed by atoms with Crippen LogP contribution in [0.2, 0.25) is 5.02 Å². The Kier molecular flexibility index (Phi) is 16.2. The molecule has 2 aromatic rings. The molecule has 1 aromatic heterocycles. The fourth-order valence-corrected chi connectivity index (χ4v) is 3.16. The first-order valence-electron chi connectivity index (χ1n) is 9.91. The normalized spacial score (nSPS) is 9.47. The Bertz CT molecular complexity index is 758. The number of thiocarbonyl (C=S) groups is 1. The van der Waals surface area contributed by atoms with Crippen molar-refractivity contribution in [3.63, 3.8) is 0 Å². The van der Waals surface area contributed by atoms with Crippen molar-refractivity contribution in [2.24, 2.45) is 11.5 Å². The SMILES string of the molecule is CC.CNC(=S)NSc1cnc(NCCCN)c(Cl)c1.Cc1ccc(CN)c(C)c1. The number of aryl methyl sites for hydroxylation is 2. The lowest BCUT2D eigenvalue weighted by atomic mass is 10.1. The monoisotopic (exact) mass is 470 g/mol. The Balaban J connectivity index is 0.000000590. The zero-order chi connectivity index (χ0) is 22.9. The molecule has 168 valence electrons. The quantitative estimate of drug-likeness (QED) is 0.231. The summed E-state index contributed by atoms with van der Waals surface area (Å²) in [5, 5.41) is 7.08. The van der Waals surface area contributed by atoms with Gasteiger partial charge in [0.15, 0.2) is 5.11 Å². The summed E-state index contributed by atoms with van der Waals surface area (Å²) in [4.78, 5) is 5.14. The molecule has 7 N–H and O–H groups in total. The van der Waals surface area contributed by atoms with Crippen LogP contribution in [0.25, 0.3) is 0 Å². The Morgan fingerprint density at radius 3 is 2.43 bits per heavy atom. The summed E-state index contributed by atoms with van der Waals surface area (Å²) in [5.74, 6) is 0.672. The number of nitrogens with one attached hydrogen (secondary N) is 3. The third-order valence-electron chi connectivity index (χ3n) is 3.70. The minimum Gasteiger partial charge on any atom is -0.369 e. The van der Waals surface area contributed by atoms with Crippen LogP contribution in [-0.2, 0) is 6.54 Å². The number of halogens is 1. The van der Waals surface area contributed by atoms with E-state index in [-0.39, 0.29) is 0 Å². The highest BCUT2D eigenvalue weighted by molar-refractivity contribution is 7.99. The lowest BCUT2D eigenvalue weighted by Gasteiger charge is -2.09. The average Bonchev–Trinajstić information content (AvgIpc) is 2.75. The van der Waals surface area contributed by atoms with Crippen LogP contribution >= 0.6 is 35.8 Å². The van der Waals surface area contributed by atoms with Gasteiger partial charge < -0.3 is 26.8 Å². The summed E-state index contributed by atoms with van der Waals surface area (Å²) >= 11 is 12.4. The third-order valence-corrected chi connectivity index (χ3v) is 5.18. The Morgan fingerprint density at radius 2 is 1.90 bits per heavy atom. The molecule has 0 bridgehead atoms. The first kappa shape index (κ1) is 28.4. The highest BCUT2D eigenvalue weighted by Gasteiger charge is 2.04. The first-order chi connectivity index (χ1) is 14.4. The number of anilines is 1. The second kappa shape index (κ2) is 17.1. The van der Waals surface area contributed by atoms with E-state index in [1.54, 1.807) is 13.2 Å². The fourth-order valence-electron chi connectivity index (χ4n) is 2.15. The maximum Gasteiger partial charge on any atom is 0.176 e. The van der Waals surface area contributed by atoms with Gasteiger partial charge in [0.1, 0.15) is 5.82 Å². The van der Waals surface area contributed by atoms with Gasteiger partial charge in [-0.3, -0.25) is 0 Å². The fraction of sp³-hybridized carbons (Fsp3) is 0.429. The van der Waals surface area contributed by atoms with Gasteiger partial charge in [0, 0.05) is 31.2 Å². The van der Waals surface area contributed by atoms with E-state index in [9.17, 15) is 0 Å². The van der Waals surface area contributed by atoms with Crippen molar-refractivity contribution < 1.29 is 0 Å². The van der Waals surface area contributed by atoms with Crippen molar-refractivity contribution in [3.8, 4) is 0 Å². The summed E-state index contributed by atoms with van der Waals surface area (Å²) in [5.41, 5.74) is 14.7. The van der Waals surface area contributed by atoms with Crippen molar-refractivity contribution in [2.75, 3.05) is 25.5 Å². The third kappa shape index (κ3) is 11.6. The van der Waals surface area contributed by atoms with E-state index in [0.29, 0.717) is 29.0 Å². The number of rotatable bonds is 7. The summed E-state index contributed by atoms with van der Waals surface area (Å²) in [7, 11) is 1.76. The maximum atomic E-state index is 6.11. The molecule has 0 unspecified atom stereocenters. The number of hydrogen-bond acceptors (Lipinski definition) is 6. The largest absolute Gasteiger partial charge is 0.369 e. The molecule has 0 aliphatic carbocycles. The molecule has 1 aromatic carbocycles. The van der Waals surface area contributed by atoms with E-state index in [2.05, 4.69) is 52.4 Å². The topological polar surface area (TPSA) is 101 Å². The number of pyridine rings is 1. The number of nitrogens with zero attached hydrogens (tertiary/aromatic N) is 1. The van der Waals surface area contributed by atoms with Gasteiger partial charge in [0.05, 0.1) is 5.02 Å². The molecule has 0 aliphatic heterocycles. The van der Waals surface area contributed by atoms with Gasteiger partial charge in [-0.1, -0.05) is 49.2 Å². The van der Waals surface area contributed by atoms with Crippen LogP contribution in [0.4, 0.5) is 5.82 Å². The van der Waals surface area contributed by atoms with Crippen molar-refractivity contribution >= 4 is 46.7 Å². The van der Waals surface area contributed by atoms with E-state index in [0.717, 1.165) is 17.9 Å². The zero-order valence-electron chi connectivity index (χ0n) is 18.5. The van der Waals surface area contributed by atoms with Gasteiger partial charge in [-0.25, -0.2) is 4.98 Å². The summed E-state index contributed by atoms with van der Waals surface area (Å²) in [6, 6.07) is 8.16. The highest BCUT2D eigenvalue weighted by atomic mass is 35.5. The van der Waals surface area contributed by atoms with Crippen molar-refractivity contribution in [1.29, 1.82) is 0 Å². The van der Waals surface area contributed by atoms with Crippen LogP contribution in [0.1, 0.15) is 37.0 Å². The molecule has 1 heterocycles.